The molecule has 15 nitrogen and oxygen atoms in total. The average Bonchev–Trinajstić information content (AvgIpc) is 4.30. The topological polar surface area (TPSA) is 183 Å². The van der Waals surface area contributed by atoms with Crippen LogP contribution in [0.25, 0.3) is 0 Å². The van der Waals surface area contributed by atoms with E-state index in [2.05, 4.69) is 58.2 Å². The third-order valence-corrected chi connectivity index (χ3v) is 17.7. The molecule has 4 aliphatic heterocycles. The number of amides is 3. The number of hydrogen-bond donors (Lipinski definition) is 2. The van der Waals surface area contributed by atoms with Gasteiger partial charge in [-0.1, -0.05) is 77.3 Å². The number of hydrogen-bond acceptors (Lipinski definition) is 13. The summed E-state index contributed by atoms with van der Waals surface area (Å²) in [6.07, 6.45) is 17.7. The van der Waals surface area contributed by atoms with E-state index in [1.165, 1.54) is 54.7 Å². The van der Waals surface area contributed by atoms with Gasteiger partial charge in [0.2, 0.25) is 17.7 Å². The summed E-state index contributed by atoms with van der Waals surface area (Å²) < 4.78 is 36.4. The van der Waals surface area contributed by atoms with Crippen LogP contribution in [0.1, 0.15) is 150 Å². The van der Waals surface area contributed by atoms with Crippen molar-refractivity contribution in [1.29, 1.82) is 0 Å². The summed E-state index contributed by atoms with van der Waals surface area (Å²) in [6.45, 7) is 20.0. The van der Waals surface area contributed by atoms with Crippen molar-refractivity contribution in [3.05, 3.63) is 105 Å². The molecule has 3 amide bonds. The number of halogens is 1. The number of ether oxygens (including phenoxy) is 6. The van der Waals surface area contributed by atoms with Crippen LogP contribution in [0.4, 0.5) is 10.5 Å². The number of benzene rings is 2. The Labute approximate surface area is 490 Å². The van der Waals surface area contributed by atoms with Gasteiger partial charge in [-0.3, -0.25) is 14.4 Å². The number of anilines is 1. The second-order valence-electron chi connectivity index (χ2n) is 23.6. The molecule has 2 saturated heterocycles. The fourth-order valence-electron chi connectivity index (χ4n) is 11.2. The summed E-state index contributed by atoms with van der Waals surface area (Å²) in [5, 5.41) is 14.4. The maximum absolute atomic E-state index is 14.4. The summed E-state index contributed by atoms with van der Waals surface area (Å²) >= 11 is 7.72. The highest BCUT2D eigenvalue weighted by atomic mass is 35.5. The van der Waals surface area contributed by atoms with Crippen LogP contribution in [-0.4, -0.2) is 114 Å². The lowest BCUT2D eigenvalue weighted by atomic mass is 9.75. The highest BCUT2D eigenvalue weighted by Crippen LogP contribution is 2.51. The van der Waals surface area contributed by atoms with Gasteiger partial charge in [0, 0.05) is 46.2 Å². The number of aryl methyl sites for hydroxylation is 2. The Morgan fingerprint density at radius 1 is 0.988 bits per heavy atom. The maximum Gasteiger partial charge on any atom is 0.372 e. The van der Waals surface area contributed by atoms with Crippen molar-refractivity contribution in [2.45, 2.75) is 194 Å². The number of nitrogens with one attached hydrogen (secondary N) is 1. The van der Waals surface area contributed by atoms with Crippen LogP contribution in [0.15, 0.2) is 83.0 Å². The van der Waals surface area contributed by atoms with Crippen molar-refractivity contribution in [3.8, 4) is 17.2 Å². The lowest BCUT2D eigenvalue weighted by Gasteiger charge is -2.42. The molecular formula is C64H88ClN3O12S. The van der Waals surface area contributed by atoms with Gasteiger partial charge in [-0.15, -0.1) is 0 Å². The smallest absolute Gasteiger partial charge is 0.372 e. The highest BCUT2D eigenvalue weighted by molar-refractivity contribution is 8.13. The van der Waals surface area contributed by atoms with Crippen LogP contribution in [-0.2, 0) is 46.2 Å². The Hall–Kier alpha value is -5.39. The molecule has 17 heteroatoms. The summed E-state index contributed by atoms with van der Waals surface area (Å²) in [5.74, 6) is -1.07. The van der Waals surface area contributed by atoms with E-state index in [0.717, 1.165) is 91.1 Å². The number of allylic oxidation sites excluding steroid dienone is 9. The zero-order valence-corrected chi connectivity index (χ0v) is 51.8. The van der Waals surface area contributed by atoms with Crippen LogP contribution < -0.4 is 24.4 Å². The number of piperidine rings is 1. The van der Waals surface area contributed by atoms with E-state index in [-0.39, 0.29) is 53.9 Å². The number of rotatable bonds is 18. The molecular weight excluding hydrogens is 1070 g/mol. The van der Waals surface area contributed by atoms with Crippen molar-refractivity contribution in [2.75, 3.05) is 39.0 Å². The van der Waals surface area contributed by atoms with Gasteiger partial charge in [0.1, 0.15) is 51.7 Å². The van der Waals surface area contributed by atoms with Gasteiger partial charge < -0.3 is 48.6 Å². The fourth-order valence-corrected chi connectivity index (χ4v) is 12.1. The summed E-state index contributed by atoms with van der Waals surface area (Å²) in [6, 6.07) is 6.15. The van der Waals surface area contributed by atoms with Crippen LogP contribution in [0.2, 0.25) is 5.02 Å². The molecule has 0 aromatic heterocycles. The normalized spacial score (nSPS) is 27.5. The van der Waals surface area contributed by atoms with Gasteiger partial charge in [0.15, 0.2) is 5.72 Å². The Morgan fingerprint density at radius 3 is 2.36 bits per heavy atom. The SMILES string of the molecule is COc1cc2cc(c1Cl)N(C)C(=O)C[C@H](OC(=O)[C@H](C)N(C)C(=O)CCSC(=O)Oc1cc(C)c3c(c1)CCC(C)(CC/C=C(\C)CC/C=C(\C)CCC=C(C)C)O3)[C@]1(C)O[C@H]1[C@H](C)[C@H]1CC(=O)N[C@](O)(C1)[C@H](OC)/C=C/C=C(\C)C2. The third kappa shape index (κ3) is 17.1. The molecule has 4 aliphatic rings. The number of nitrogens with zero attached hydrogens (tertiary/aromatic N) is 2. The standard InChI is InChI=1S/C64H88ClN3O12S/c1-39(2)19-15-20-40(3)21-16-22-41(4)24-18-28-62(9)29-26-47-35-49(32-43(6)58(47)79-62)77-61(73)81-30-27-55(70)67(11)45(8)60(72)78-53-37-56(71)68(12)50-33-46(34-51(75-13)57(50)65)31-42(5)23-17-25-52(76-14)64(74)38-48(36-54(69)66-64)44(7)59-63(53,10)80-59/h17,19,21,23-25,32-35,44-45,48,52-53,59,74H,15-16,18,20,22,26-31,36-38H2,1-14H3,(H,66,69)/b25-17+,40-21+,41-24+,42-23+/t44-,45+,48+,52-,53+,59+,62?,63+,64+/m1/s1. The summed E-state index contributed by atoms with van der Waals surface area (Å²) in [5.41, 5.74) is 4.88. The molecule has 2 fully saturated rings. The second kappa shape index (κ2) is 28.3. The van der Waals surface area contributed by atoms with Crippen LogP contribution in [0.3, 0.4) is 0 Å². The Bertz CT molecular complexity index is 2800. The molecule has 4 bridgehead atoms. The zero-order valence-electron chi connectivity index (χ0n) is 50.3. The van der Waals surface area contributed by atoms with Crippen LogP contribution >= 0.6 is 23.4 Å². The van der Waals surface area contributed by atoms with Crippen LogP contribution in [0, 0.1) is 18.8 Å². The first-order valence-electron chi connectivity index (χ1n) is 28.5. The van der Waals surface area contributed by atoms with Crippen LogP contribution in [0.5, 0.6) is 17.2 Å². The van der Waals surface area contributed by atoms with E-state index < -0.39 is 64.7 Å². The lowest BCUT2D eigenvalue weighted by Crippen LogP contribution is -2.61. The molecule has 4 heterocycles. The fraction of sp³-hybridized carbons (Fsp3) is 0.578. The Balaban J connectivity index is 1.06. The Kier molecular flexibility index (Phi) is 22.6. The van der Waals surface area contributed by atoms with E-state index in [9.17, 15) is 29.1 Å². The number of fused-ring (bicyclic) bond motifs is 6. The maximum atomic E-state index is 14.4. The molecule has 1 unspecified atom stereocenters. The van der Waals surface area contributed by atoms with E-state index in [1.54, 1.807) is 44.3 Å². The predicted molar refractivity (Wildman–Crippen MR) is 320 cm³/mol. The van der Waals surface area contributed by atoms with Crippen molar-refractivity contribution >= 4 is 58.0 Å². The van der Waals surface area contributed by atoms with Gasteiger partial charge in [-0.05, 0) is 185 Å². The molecule has 0 spiro atoms. The van der Waals surface area contributed by atoms with Crippen molar-refractivity contribution < 1.29 is 57.5 Å². The third-order valence-electron chi connectivity index (χ3n) is 16.6. The first-order chi connectivity index (χ1) is 38.2. The molecule has 2 N–H and O–H groups in total. The van der Waals surface area contributed by atoms with Gasteiger partial charge in [0.25, 0.3) is 0 Å². The number of thioether (sulfide) groups is 1. The molecule has 0 radical (unpaired) electrons. The molecule has 0 saturated carbocycles. The quantitative estimate of drug-likeness (QED) is 0.0818. The van der Waals surface area contributed by atoms with Gasteiger partial charge in [-0.2, -0.15) is 0 Å². The highest BCUT2D eigenvalue weighted by Gasteiger charge is 2.64. The minimum atomic E-state index is -1.75. The number of carbonyl (C=O) groups is 5. The number of esters is 1. The number of aliphatic hydroxyl groups is 1. The lowest BCUT2D eigenvalue weighted by molar-refractivity contribution is -0.161. The molecule has 444 valence electrons. The monoisotopic (exact) mass is 1160 g/mol. The number of epoxide rings is 1. The number of carbonyl (C=O) groups excluding carboxylic acids is 5. The van der Waals surface area contributed by atoms with Gasteiger partial charge >= 0.3 is 11.3 Å². The van der Waals surface area contributed by atoms with Crippen molar-refractivity contribution in [1.82, 2.24) is 10.2 Å². The zero-order chi connectivity index (χ0) is 59.6. The van der Waals surface area contributed by atoms with Gasteiger partial charge in [0.05, 0.1) is 25.3 Å². The van der Waals surface area contributed by atoms with E-state index in [1.807, 2.05) is 32.9 Å². The minimum Gasteiger partial charge on any atom is -0.495 e. The number of methoxy groups -OCH3 is 2. The number of likely N-dealkylation sites (N-methyl/N-ethyl adjacent to an activating group) is 1. The summed E-state index contributed by atoms with van der Waals surface area (Å²) in [7, 11) is 6.02. The predicted octanol–water partition coefficient (Wildman–Crippen LogP) is 12.5. The largest absolute Gasteiger partial charge is 0.495 e. The minimum absolute atomic E-state index is 0.0847. The summed E-state index contributed by atoms with van der Waals surface area (Å²) in [4.78, 5) is 71.4. The van der Waals surface area contributed by atoms with Gasteiger partial charge in [-0.25, -0.2) is 9.59 Å². The van der Waals surface area contributed by atoms with E-state index in [0.29, 0.717) is 23.6 Å². The molecule has 9 atom stereocenters. The molecule has 2 aromatic rings. The first kappa shape index (κ1) is 64.8. The average molecular weight is 1160 g/mol. The van der Waals surface area contributed by atoms with E-state index >= 15 is 0 Å². The van der Waals surface area contributed by atoms with E-state index in [4.69, 9.17) is 40.0 Å². The Morgan fingerprint density at radius 2 is 1.68 bits per heavy atom. The first-order valence-corrected chi connectivity index (χ1v) is 29.8. The molecule has 2 aromatic carbocycles. The van der Waals surface area contributed by atoms with Crippen molar-refractivity contribution in [2.24, 2.45) is 11.8 Å². The second-order valence-corrected chi connectivity index (χ2v) is 25.0. The molecule has 81 heavy (non-hydrogen) atoms. The molecule has 6 rings (SSSR count). The van der Waals surface area contributed by atoms with Crippen molar-refractivity contribution in [3.63, 3.8) is 0 Å². The molecule has 0 aliphatic carbocycles.